The first-order valence-corrected chi connectivity index (χ1v) is 8.62. The van der Waals surface area contributed by atoms with Crippen molar-refractivity contribution in [2.75, 3.05) is 32.7 Å². The van der Waals surface area contributed by atoms with Crippen molar-refractivity contribution in [3.8, 4) is 0 Å². The summed E-state index contributed by atoms with van der Waals surface area (Å²) in [6.07, 6.45) is 1.65. The van der Waals surface area contributed by atoms with E-state index in [0.717, 1.165) is 32.5 Å². The minimum Gasteiger partial charge on any atom is -0.338 e. The van der Waals surface area contributed by atoms with Gasteiger partial charge in [-0.05, 0) is 44.0 Å². The van der Waals surface area contributed by atoms with E-state index in [1.54, 1.807) is 4.90 Å². The number of rotatable bonds is 2. The van der Waals surface area contributed by atoms with E-state index >= 15 is 0 Å². The highest BCUT2D eigenvalue weighted by molar-refractivity contribution is 5.94. The number of nitrogens with one attached hydrogen (secondary N) is 1. The second-order valence-corrected chi connectivity index (χ2v) is 6.68. The van der Waals surface area contributed by atoms with E-state index in [9.17, 15) is 14.0 Å². The summed E-state index contributed by atoms with van der Waals surface area (Å²) in [6, 6.07) is 5.78. The molecule has 2 saturated heterocycles. The van der Waals surface area contributed by atoms with Crippen LogP contribution in [0.15, 0.2) is 24.3 Å². The third-order valence-electron chi connectivity index (χ3n) is 4.93. The van der Waals surface area contributed by atoms with E-state index in [4.69, 9.17) is 0 Å². The number of piperazine rings is 1. The second kappa shape index (κ2) is 7.30. The number of nitrogens with zero attached hydrogens (tertiary/aromatic N) is 2. The van der Waals surface area contributed by atoms with Gasteiger partial charge in [0.2, 0.25) is 5.91 Å². The summed E-state index contributed by atoms with van der Waals surface area (Å²) in [7, 11) is 0. The van der Waals surface area contributed by atoms with Gasteiger partial charge in [0.25, 0.3) is 5.91 Å². The van der Waals surface area contributed by atoms with Gasteiger partial charge in [-0.25, -0.2) is 4.39 Å². The SMILES string of the molecule is C[C@H]1CNCCN1C(=O)C1CCCN(C(=O)c2ccc(F)cc2)C1. The zero-order chi connectivity index (χ0) is 17.1. The summed E-state index contributed by atoms with van der Waals surface area (Å²) in [5.41, 5.74) is 0.472. The van der Waals surface area contributed by atoms with E-state index in [1.165, 1.54) is 24.3 Å². The Balaban J connectivity index is 1.66. The van der Waals surface area contributed by atoms with Crippen molar-refractivity contribution >= 4 is 11.8 Å². The topological polar surface area (TPSA) is 52.7 Å². The van der Waals surface area contributed by atoms with Crippen LogP contribution in [0.5, 0.6) is 0 Å². The number of likely N-dealkylation sites (tertiary alicyclic amines) is 1. The number of piperidine rings is 1. The summed E-state index contributed by atoms with van der Waals surface area (Å²) < 4.78 is 13.0. The van der Waals surface area contributed by atoms with Gasteiger partial charge in [0, 0.05) is 44.3 Å². The van der Waals surface area contributed by atoms with Gasteiger partial charge in [0.1, 0.15) is 5.82 Å². The molecule has 0 spiro atoms. The number of halogens is 1. The molecule has 0 aromatic heterocycles. The number of benzene rings is 1. The third kappa shape index (κ3) is 3.59. The molecule has 1 N–H and O–H groups in total. The Morgan fingerprint density at radius 1 is 1.21 bits per heavy atom. The molecule has 2 aliphatic heterocycles. The van der Waals surface area contributed by atoms with Crippen molar-refractivity contribution in [1.29, 1.82) is 0 Å². The van der Waals surface area contributed by atoms with Crippen molar-refractivity contribution in [3.05, 3.63) is 35.6 Å². The van der Waals surface area contributed by atoms with Crippen LogP contribution in [-0.2, 0) is 4.79 Å². The smallest absolute Gasteiger partial charge is 0.253 e. The molecule has 1 unspecified atom stereocenters. The molecule has 24 heavy (non-hydrogen) atoms. The summed E-state index contributed by atoms with van der Waals surface area (Å²) in [4.78, 5) is 29.1. The monoisotopic (exact) mass is 333 g/mol. The predicted octanol–water partition coefficient (Wildman–Crippen LogP) is 1.50. The van der Waals surface area contributed by atoms with Crippen LogP contribution in [0.1, 0.15) is 30.1 Å². The average Bonchev–Trinajstić information content (AvgIpc) is 2.62. The molecule has 0 saturated carbocycles. The Hall–Kier alpha value is -1.95. The van der Waals surface area contributed by atoms with Crippen molar-refractivity contribution in [2.45, 2.75) is 25.8 Å². The van der Waals surface area contributed by atoms with Crippen LogP contribution >= 0.6 is 0 Å². The van der Waals surface area contributed by atoms with Crippen LogP contribution in [0.2, 0.25) is 0 Å². The van der Waals surface area contributed by atoms with Crippen LogP contribution in [0.3, 0.4) is 0 Å². The highest BCUT2D eigenvalue weighted by Crippen LogP contribution is 2.22. The fourth-order valence-corrected chi connectivity index (χ4v) is 3.54. The third-order valence-corrected chi connectivity index (χ3v) is 4.93. The molecular formula is C18H24FN3O2. The van der Waals surface area contributed by atoms with Crippen LogP contribution in [0.4, 0.5) is 4.39 Å². The fourth-order valence-electron chi connectivity index (χ4n) is 3.54. The predicted molar refractivity (Wildman–Crippen MR) is 89.1 cm³/mol. The quantitative estimate of drug-likeness (QED) is 0.892. The molecule has 3 rings (SSSR count). The van der Waals surface area contributed by atoms with E-state index in [0.29, 0.717) is 18.7 Å². The molecule has 6 heteroatoms. The van der Waals surface area contributed by atoms with Crippen LogP contribution in [0.25, 0.3) is 0 Å². The van der Waals surface area contributed by atoms with Crippen molar-refractivity contribution in [3.63, 3.8) is 0 Å². The molecule has 0 radical (unpaired) electrons. The molecule has 0 aliphatic carbocycles. The number of hydrogen-bond donors (Lipinski definition) is 1. The lowest BCUT2D eigenvalue weighted by atomic mass is 9.95. The lowest BCUT2D eigenvalue weighted by Crippen LogP contribution is -2.55. The maximum atomic E-state index is 13.0. The number of carbonyl (C=O) groups excluding carboxylic acids is 2. The zero-order valence-corrected chi connectivity index (χ0v) is 14.0. The first-order chi connectivity index (χ1) is 11.6. The normalized spacial score (nSPS) is 24.8. The number of carbonyl (C=O) groups is 2. The van der Waals surface area contributed by atoms with Gasteiger partial charge in [-0.1, -0.05) is 0 Å². The highest BCUT2D eigenvalue weighted by Gasteiger charge is 2.33. The molecule has 2 fully saturated rings. The Morgan fingerprint density at radius 2 is 1.96 bits per heavy atom. The van der Waals surface area contributed by atoms with Gasteiger partial charge in [0.05, 0.1) is 5.92 Å². The molecule has 5 nitrogen and oxygen atoms in total. The Kier molecular flexibility index (Phi) is 5.14. The lowest BCUT2D eigenvalue weighted by Gasteiger charge is -2.39. The Labute approximate surface area is 141 Å². The van der Waals surface area contributed by atoms with Gasteiger partial charge in [-0.15, -0.1) is 0 Å². The van der Waals surface area contributed by atoms with Gasteiger partial charge < -0.3 is 15.1 Å². The Bertz CT molecular complexity index is 605. The summed E-state index contributed by atoms with van der Waals surface area (Å²) in [5.74, 6) is -0.462. The van der Waals surface area contributed by atoms with Crippen molar-refractivity contribution in [1.82, 2.24) is 15.1 Å². The lowest BCUT2D eigenvalue weighted by molar-refractivity contribution is -0.139. The van der Waals surface area contributed by atoms with E-state index < -0.39 is 0 Å². The molecule has 2 amide bonds. The molecule has 2 heterocycles. The molecule has 130 valence electrons. The summed E-state index contributed by atoms with van der Waals surface area (Å²) in [5, 5.41) is 3.29. The molecule has 2 aliphatic rings. The zero-order valence-electron chi connectivity index (χ0n) is 14.0. The first-order valence-electron chi connectivity index (χ1n) is 8.62. The van der Waals surface area contributed by atoms with Gasteiger partial charge in [-0.2, -0.15) is 0 Å². The standard InChI is InChI=1S/C18H24FN3O2/c1-13-11-20-8-10-22(13)18(24)15-3-2-9-21(12-15)17(23)14-4-6-16(19)7-5-14/h4-7,13,15,20H,2-3,8-12H2,1H3/t13-,15?/m0/s1. The largest absolute Gasteiger partial charge is 0.338 e. The molecule has 1 aromatic carbocycles. The fraction of sp³-hybridized carbons (Fsp3) is 0.556. The van der Waals surface area contributed by atoms with Crippen LogP contribution in [0, 0.1) is 11.7 Å². The van der Waals surface area contributed by atoms with Crippen LogP contribution in [-0.4, -0.2) is 60.4 Å². The maximum Gasteiger partial charge on any atom is 0.253 e. The minimum absolute atomic E-state index is 0.124. The van der Waals surface area contributed by atoms with Crippen LogP contribution < -0.4 is 5.32 Å². The van der Waals surface area contributed by atoms with Gasteiger partial charge in [0.15, 0.2) is 0 Å². The van der Waals surface area contributed by atoms with Crippen molar-refractivity contribution < 1.29 is 14.0 Å². The van der Waals surface area contributed by atoms with Crippen molar-refractivity contribution in [2.24, 2.45) is 5.92 Å². The van der Waals surface area contributed by atoms with E-state index in [-0.39, 0.29) is 29.6 Å². The first kappa shape index (κ1) is 16.9. The van der Waals surface area contributed by atoms with Gasteiger partial charge in [-0.3, -0.25) is 9.59 Å². The van der Waals surface area contributed by atoms with E-state index in [1.807, 2.05) is 11.8 Å². The molecular weight excluding hydrogens is 309 g/mol. The highest BCUT2D eigenvalue weighted by atomic mass is 19.1. The number of hydrogen-bond acceptors (Lipinski definition) is 3. The Morgan fingerprint density at radius 3 is 2.67 bits per heavy atom. The summed E-state index contributed by atoms with van der Waals surface area (Å²) >= 11 is 0. The van der Waals surface area contributed by atoms with E-state index in [2.05, 4.69) is 5.32 Å². The molecule has 2 atom stereocenters. The summed E-state index contributed by atoms with van der Waals surface area (Å²) in [6.45, 7) is 5.51. The second-order valence-electron chi connectivity index (χ2n) is 6.68. The molecule has 0 bridgehead atoms. The average molecular weight is 333 g/mol. The van der Waals surface area contributed by atoms with Gasteiger partial charge >= 0.3 is 0 Å². The maximum absolute atomic E-state index is 13.0. The number of amides is 2. The minimum atomic E-state index is -0.356. The molecule has 1 aromatic rings.